The number of hydrogen-bond donors (Lipinski definition) is 2. The minimum Gasteiger partial charge on any atom is -0.396 e. The van der Waals surface area contributed by atoms with E-state index in [1.54, 1.807) is 11.0 Å². The molecule has 1 amide bonds. The Kier molecular flexibility index (Phi) is 11.6. The van der Waals surface area contributed by atoms with E-state index in [0.717, 1.165) is 19.4 Å². The Morgan fingerprint density at radius 2 is 1.89 bits per heavy atom. The zero-order valence-electron chi connectivity index (χ0n) is 12.3. The van der Waals surface area contributed by atoms with Crippen molar-refractivity contribution in [2.75, 3.05) is 19.7 Å². The van der Waals surface area contributed by atoms with Crippen LogP contribution in [0.4, 0.5) is 0 Å². The Morgan fingerprint density at radius 3 is 2.47 bits per heavy atom. The fraction of sp³-hybridized carbons (Fsp3) is 0.800. The first-order valence-corrected chi connectivity index (χ1v) is 7.43. The zero-order valence-corrected chi connectivity index (χ0v) is 12.3. The van der Waals surface area contributed by atoms with Gasteiger partial charge < -0.3 is 15.7 Å². The minimum absolute atomic E-state index is 0.0242. The summed E-state index contributed by atoms with van der Waals surface area (Å²) in [5.41, 5.74) is 5.83. The van der Waals surface area contributed by atoms with E-state index in [9.17, 15) is 4.79 Å². The van der Waals surface area contributed by atoms with Gasteiger partial charge in [-0.25, -0.2) is 0 Å². The van der Waals surface area contributed by atoms with Gasteiger partial charge in [-0.1, -0.05) is 38.7 Å². The van der Waals surface area contributed by atoms with Crippen LogP contribution in [0.15, 0.2) is 12.7 Å². The fourth-order valence-corrected chi connectivity index (χ4v) is 2.01. The third kappa shape index (κ3) is 8.78. The van der Waals surface area contributed by atoms with Gasteiger partial charge in [-0.3, -0.25) is 4.79 Å². The van der Waals surface area contributed by atoms with Gasteiger partial charge in [0.2, 0.25) is 5.91 Å². The molecule has 0 saturated heterocycles. The summed E-state index contributed by atoms with van der Waals surface area (Å²) in [7, 11) is 0. The first-order valence-electron chi connectivity index (χ1n) is 7.43. The molecule has 0 rings (SSSR count). The summed E-state index contributed by atoms with van der Waals surface area (Å²) in [5.74, 6) is -0.0242. The lowest BCUT2D eigenvalue weighted by Gasteiger charge is -2.25. The maximum Gasteiger partial charge on any atom is 0.239 e. The lowest BCUT2D eigenvalue weighted by Crippen LogP contribution is -2.44. The van der Waals surface area contributed by atoms with E-state index >= 15 is 0 Å². The highest BCUT2D eigenvalue weighted by Crippen LogP contribution is 2.06. The summed E-state index contributed by atoms with van der Waals surface area (Å²) >= 11 is 0. The lowest BCUT2D eigenvalue weighted by atomic mass is 10.1. The molecule has 0 aromatic rings. The van der Waals surface area contributed by atoms with Gasteiger partial charge in [-0.05, 0) is 19.3 Å². The Bertz CT molecular complexity index is 244. The van der Waals surface area contributed by atoms with Gasteiger partial charge in [0.15, 0.2) is 0 Å². The molecule has 19 heavy (non-hydrogen) atoms. The Hall–Kier alpha value is -0.870. The molecule has 1 atom stereocenters. The number of hydrogen-bond acceptors (Lipinski definition) is 3. The molecule has 0 radical (unpaired) electrons. The largest absolute Gasteiger partial charge is 0.396 e. The van der Waals surface area contributed by atoms with E-state index in [-0.39, 0.29) is 12.5 Å². The van der Waals surface area contributed by atoms with Gasteiger partial charge in [0, 0.05) is 19.7 Å². The standard InChI is InChI=1S/C15H30N2O2/c1-3-5-6-7-8-11-17(12-9-13-18)15(19)14(16)10-4-2/h4,14,18H,2-3,5-13,16H2,1H3. The van der Waals surface area contributed by atoms with Crippen LogP contribution >= 0.6 is 0 Å². The van der Waals surface area contributed by atoms with Gasteiger partial charge in [-0.2, -0.15) is 0 Å². The van der Waals surface area contributed by atoms with Gasteiger partial charge in [-0.15, -0.1) is 6.58 Å². The Morgan fingerprint density at radius 1 is 1.26 bits per heavy atom. The molecule has 0 fully saturated rings. The molecular weight excluding hydrogens is 240 g/mol. The van der Waals surface area contributed by atoms with Gasteiger partial charge >= 0.3 is 0 Å². The second-order valence-electron chi connectivity index (χ2n) is 4.95. The molecule has 0 heterocycles. The van der Waals surface area contributed by atoms with Crippen molar-refractivity contribution in [3.63, 3.8) is 0 Å². The second-order valence-corrected chi connectivity index (χ2v) is 4.95. The van der Waals surface area contributed by atoms with Gasteiger partial charge in [0.25, 0.3) is 0 Å². The number of aliphatic hydroxyl groups excluding tert-OH is 1. The summed E-state index contributed by atoms with van der Waals surface area (Å²) in [4.78, 5) is 13.9. The number of amides is 1. The highest BCUT2D eigenvalue weighted by Gasteiger charge is 2.19. The summed E-state index contributed by atoms with van der Waals surface area (Å²) in [6.45, 7) is 7.24. The van der Waals surface area contributed by atoms with Crippen molar-refractivity contribution in [1.29, 1.82) is 0 Å². The average Bonchev–Trinajstić information content (AvgIpc) is 2.41. The van der Waals surface area contributed by atoms with E-state index in [0.29, 0.717) is 19.4 Å². The molecule has 0 spiro atoms. The van der Waals surface area contributed by atoms with Crippen LogP contribution < -0.4 is 5.73 Å². The molecule has 4 nitrogen and oxygen atoms in total. The maximum atomic E-state index is 12.1. The number of nitrogens with zero attached hydrogens (tertiary/aromatic N) is 1. The second kappa shape index (κ2) is 12.2. The summed E-state index contributed by atoms with van der Waals surface area (Å²) in [6.07, 6.45) is 8.64. The fourth-order valence-electron chi connectivity index (χ4n) is 2.01. The SMILES string of the molecule is C=CCC(N)C(=O)N(CCCO)CCCCCCC. The van der Waals surface area contributed by atoms with E-state index in [1.165, 1.54) is 19.3 Å². The lowest BCUT2D eigenvalue weighted by molar-refractivity contribution is -0.132. The van der Waals surface area contributed by atoms with Crippen molar-refractivity contribution in [1.82, 2.24) is 4.90 Å². The van der Waals surface area contributed by atoms with E-state index in [4.69, 9.17) is 10.8 Å². The normalized spacial score (nSPS) is 12.2. The third-order valence-electron chi connectivity index (χ3n) is 3.17. The quantitative estimate of drug-likeness (QED) is 0.421. The number of rotatable bonds is 12. The van der Waals surface area contributed by atoms with Crippen LogP contribution in [0.25, 0.3) is 0 Å². The molecule has 112 valence electrons. The molecule has 0 aliphatic rings. The summed E-state index contributed by atoms with van der Waals surface area (Å²) in [5, 5.41) is 8.90. The predicted octanol–water partition coefficient (Wildman–Crippen LogP) is 2.07. The van der Waals surface area contributed by atoms with Crippen molar-refractivity contribution in [2.24, 2.45) is 5.73 Å². The van der Waals surface area contributed by atoms with Crippen LogP contribution in [-0.2, 0) is 4.79 Å². The summed E-state index contributed by atoms with van der Waals surface area (Å²) < 4.78 is 0. The van der Waals surface area contributed by atoms with E-state index in [2.05, 4.69) is 13.5 Å². The highest BCUT2D eigenvalue weighted by molar-refractivity contribution is 5.81. The molecule has 0 aromatic heterocycles. The molecule has 0 bridgehead atoms. The number of nitrogens with two attached hydrogens (primary N) is 1. The Labute approximate surface area is 117 Å². The average molecular weight is 270 g/mol. The predicted molar refractivity (Wildman–Crippen MR) is 79.8 cm³/mol. The van der Waals surface area contributed by atoms with Crippen molar-refractivity contribution in [2.45, 2.75) is 57.9 Å². The first-order chi connectivity index (χ1) is 9.17. The monoisotopic (exact) mass is 270 g/mol. The minimum atomic E-state index is -0.494. The molecule has 3 N–H and O–H groups in total. The van der Waals surface area contributed by atoms with Crippen molar-refractivity contribution in [3.8, 4) is 0 Å². The van der Waals surface area contributed by atoms with Gasteiger partial charge in [0.05, 0.1) is 6.04 Å². The molecule has 0 aromatic carbocycles. The topological polar surface area (TPSA) is 66.6 Å². The summed E-state index contributed by atoms with van der Waals surface area (Å²) in [6, 6.07) is -0.494. The number of unbranched alkanes of at least 4 members (excludes halogenated alkanes) is 4. The number of carbonyl (C=O) groups is 1. The molecule has 0 aliphatic heterocycles. The molecular formula is C15H30N2O2. The van der Waals surface area contributed by atoms with Crippen LogP contribution in [0.1, 0.15) is 51.9 Å². The number of carbonyl (C=O) groups excluding carboxylic acids is 1. The van der Waals surface area contributed by atoms with Crippen molar-refractivity contribution >= 4 is 5.91 Å². The molecule has 0 aliphatic carbocycles. The number of aliphatic hydroxyl groups is 1. The molecule has 1 unspecified atom stereocenters. The van der Waals surface area contributed by atoms with Crippen LogP contribution in [-0.4, -0.2) is 41.7 Å². The van der Waals surface area contributed by atoms with Crippen LogP contribution in [0.3, 0.4) is 0 Å². The molecule has 0 saturated carbocycles. The maximum absolute atomic E-state index is 12.1. The van der Waals surface area contributed by atoms with E-state index in [1.807, 2.05) is 0 Å². The Balaban J connectivity index is 4.12. The van der Waals surface area contributed by atoms with Crippen molar-refractivity contribution < 1.29 is 9.90 Å². The van der Waals surface area contributed by atoms with Gasteiger partial charge in [0.1, 0.15) is 0 Å². The molecule has 4 heteroatoms. The van der Waals surface area contributed by atoms with Crippen LogP contribution in [0.2, 0.25) is 0 Å². The van der Waals surface area contributed by atoms with Crippen LogP contribution in [0, 0.1) is 0 Å². The van der Waals surface area contributed by atoms with Crippen LogP contribution in [0.5, 0.6) is 0 Å². The smallest absolute Gasteiger partial charge is 0.239 e. The van der Waals surface area contributed by atoms with E-state index < -0.39 is 6.04 Å². The first kappa shape index (κ1) is 18.1. The highest BCUT2D eigenvalue weighted by atomic mass is 16.3. The van der Waals surface area contributed by atoms with Crippen molar-refractivity contribution in [3.05, 3.63) is 12.7 Å². The third-order valence-corrected chi connectivity index (χ3v) is 3.17. The zero-order chi connectivity index (χ0) is 14.5.